The normalized spacial score (nSPS) is 22.8. The summed E-state index contributed by atoms with van der Waals surface area (Å²) in [5.41, 5.74) is 2.91. The molecule has 0 aromatic heterocycles. The van der Waals surface area contributed by atoms with Crippen molar-refractivity contribution >= 4 is 80.5 Å². The molecule has 0 N–H and O–H groups in total. The van der Waals surface area contributed by atoms with Gasteiger partial charge in [0.05, 0.1) is 11.1 Å². The highest BCUT2D eigenvalue weighted by Gasteiger charge is 2.29. The molecule has 4 aliphatic rings. The van der Waals surface area contributed by atoms with E-state index in [9.17, 15) is 9.59 Å². The summed E-state index contributed by atoms with van der Waals surface area (Å²) in [6.45, 7) is 2.15. The average molecular weight is 663 g/mol. The predicted molar refractivity (Wildman–Crippen MR) is 183 cm³/mol. The van der Waals surface area contributed by atoms with Crippen molar-refractivity contribution in [1.82, 2.24) is 0 Å². The number of carbonyl (C=O) groups excluding carboxylic acids is 2. The molecule has 4 unspecified atom stereocenters. The van der Waals surface area contributed by atoms with E-state index in [2.05, 4.69) is 0 Å². The third kappa shape index (κ3) is 6.64. The molecule has 0 radical (unpaired) electrons. The highest BCUT2D eigenvalue weighted by atomic mass is 32.2. The zero-order valence-electron chi connectivity index (χ0n) is 23.8. The highest BCUT2D eigenvalue weighted by molar-refractivity contribution is 8.07. The van der Waals surface area contributed by atoms with Crippen LogP contribution in [0.4, 0.5) is 0 Å². The van der Waals surface area contributed by atoms with Gasteiger partial charge in [-0.3, -0.25) is 0 Å². The van der Waals surface area contributed by atoms with Crippen LogP contribution in [0.1, 0.15) is 20.7 Å². The first kappa shape index (κ1) is 28.8. The van der Waals surface area contributed by atoms with E-state index in [1.165, 1.54) is 0 Å². The summed E-state index contributed by atoms with van der Waals surface area (Å²) in [6, 6.07) is 19.5. The van der Waals surface area contributed by atoms with Crippen LogP contribution in [0.25, 0.3) is 32.7 Å². The van der Waals surface area contributed by atoms with Crippen LogP contribution in [0.2, 0.25) is 0 Å². The summed E-state index contributed by atoms with van der Waals surface area (Å²) in [4.78, 5) is 25.7. The molecule has 4 fully saturated rings. The molecule has 0 saturated carbocycles. The second-order valence-electron chi connectivity index (χ2n) is 11.4. The maximum atomic E-state index is 12.9. The molecule has 226 valence electrons. The molecule has 6 nitrogen and oxygen atoms in total. The van der Waals surface area contributed by atoms with Crippen LogP contribution in [0.5, 0.6) is 11.5 Å². The zero-order valence-corrected chi connectivity index (χ0v) is 27.1. The van der Waals surface area contributed by atoms with Gasteiger partial charge in [-0.15, -0.1) is 0 Å². The lowest BCUT2D eigenvalue weighted by Crippen LogP contribution is -2.10. The van der Waals surface area contributed by atoms with E-state index in [1.54, 1.807) is 0 Å². The summed E-state index contributed by atoms with van der Waals surface area (Å²) in [7, 11) is 0. The van der Waals surface area contributed by atoms with Gasteiger partial charge < -0.3 is 18.9 Å². The summed E-state index contributed by atoms with van der Waals surface area (Å²) in [5, 5.41) is 5.61. The third-order valence-electron chi connectivity index (χ3n) is 7.94. The van der Waals surface area contributed by atoms with E-state index < -0.39 is 0 Å². The van der Waals surface area contributed by atoms with Crippen LogP contribution in [-0.2, 0) is 9.47 Å². The average Bonchev–Trinajstić information content (AvgIpc) is 3.87. The van der Waals surface area contributed by atoms with Crippen LogP contribution in [0.15, 0.2) is 60.7 Å². The van der Waals surface area contributed by atoms with Crippen LogP contribution < -0.4 is 9.47 Å². The number of ether oxygens (including phenoxy) is 4. The largest absolute Gasteiger partial charge is 0.492 e. The quantitative estimate of drug-likeness (QED) is 0.109. The number of esters is 2. The number of thioether (sulfide) groups is 4. The standard InChI is InChI=1S/C34H30O6S4/c35-33(39-13-25-17-43-25)21-1-5-27-19(9-21)3-7-29(37-11-23-15-41-23)31(27)32-28-6-2-22(34(36)40-14-26-18-44-26)10-20(28)4-8-30(32)38-12-24-16-42-24/h1-10,23-26H,11-18H2. The van der Waals surface area contributed by atoms with Gasteiger partial charge in [0.25, 0.3) is 0 Å². The maximum Gasteiger partial charge on any atom is 0.338 e. The van der Waals surface area contributed by atoms with E-state index in [0.29, 0.717) is 58.6 Å². The summed E-state index contributed by atoms with van der Waals surface area (Å²) in [6.07, 6.45) is 0. The number of hydrogen-bond acceptors (Lipinski definition) is 10. The van der Waals surface area contributed by atoms with E-state index in [4.69, 9.17) is 18.9 Å². The fourth-order valence-corrected chi connectivity index (χ4v) is 6.74. The van der Waals surface area contributed by atoms with Crippen molar-refractivity contribution in [3.8, 4) is 22.6 Å². The van der Waals surface area contributed by atoms with Gasteiger partial charge in [0.1, 0.15) is 37.9 Å². The van der Waals surface area contributed by atoms with Crippen molar-refractivity contribution in [1.29, 1.82) is 0 Å². The Bertz CT molecular complexity index is 1630. The Hall–Kier alpha value is -2.66. The minimum absolute atomic E-state index is 0.303. The Morgan fingerprint density at radius 3 is 1.32 bits per heavy atom. The first-order valence-corrected chi connectivity index (χ1v) is 19.0. The van der Waals surface area contributed by atoms with E-state index in [0.717, 1.165) is 67.2 Å². The van der Waals surface area contributed by atoms with E-state index in [-0.39, 0.29) is 11.9 Å². The molecule has 44 heavy (non-hydrogen) atoms. The molecule has 0 amide bonds. The van der Waals surface area contributed by atoms with Crippen LogP contribution in [-0.4, -0.2) is 82.4 Å². The van der Waals surface area contributed by atoms with Crippen molar-refractivity contribution in [3.05, 3.63) is 71.8 Å². The first-order valence-electron chi connectivity index (χ1n) is 14.8. The molecule has 10 heteroatoms. The molecule has 0 aliphatic carbocycles. The van der Waals surface area contributed by atoms with Gasteiger partial charge in [0.2, 0.25) is 0 Å². The number of rotatable bonds is 13. The highest BCUT2D eigenvalue weighted by Crippen LogP contribution is 2.47. The zero-order chi connectivity index (χ0) is 29.6. The van der Waals surface area contributed by atoms with Gasteiger partial charge in [0.15, 0.2) is 0 Å². The lowest BCUT2D eigenvalue weighted by atomic mass is 9.91. The summed E-state index contributed by atoms with van der Waals surface area (Å²) < 4.78 is 24.1. The summed E-state index contributed by atoms with van der Waals surface area (Å²) >= 11 is 7.41. The van der Waals surface area contributed by atoms with Crippen molar-refractivity contribution in [2.75, 3.05) is 49.4 Å². The number of benzene rings is 4. The molecule has 4 atom stereocenters. The Balaban J connectivity index is 1.23. The van der Waals surface area contributed by atoms with Crippen molar-refractivity contribution in [2.45, 2.75) is 21.0 Å². The van der Waals surface area contributed by atoms with Gasteiger partial charge in [-0.25, -0.2) is 9.59 Å². The van der Waals surface area contributed by atoms with Gasteiger partial charge in [-0.2, -0.15) is 47.0 Å². The number of hydrogen-bond donors (Lipinski definition) is 0. The predicted octanol–water partition coefficient (Wildman–Crippen LogP) is 7.19. The molecule has 4 heterocycles. The molecule has 0 bridgehead atoms. The van der Waals surface area contributed by atoms with Crippen molar-refractivity contribution in [3.63, 3.8) is 0 Å². The van der Waals surface area contributed by atoms with Crippen molar-refractivity contribution < 1.29 is 28.5 Å². The Morgan fingerprint density at radius 2 is 0.932 bits per heavy atom. The fourth-order valence-electron chi connectivity index (χ4n) is 5.16. The number of fused-ring (bicyclic) bond motifs is 2. The minimum Gasteiger partial charge on any atom is -0.492 e. The lowest BCUT2D eigenvalue weighted by molar-refractivity contribution is 0.0508. The molecular weight excluding hydrogens is 633 g/mol. The Kier molecular flexibility index (Phi) is 8.03. The molecule has 4 aromatic rings. The van der Waals surface area contributed by atoms with Crippen LogP contribution >= 0.6 is 47.0 Å². The molecule has 4 saturated heterocycles. The van der Waals surface area contributed by atoms with E-state index in [1.807, 2.05) is 108 Å². The lowest BCUT2D eigenvalue weighted by Gasteiger charge is -2.20. The SMILES string of the molecule is O=C(OCC1CS1)c1ccc2c(-c3c(OCC4CS4)ccc4cc(C(=O)OCC5CS5)ccc34)c(OCC3CS3)ccc2c1. The fraction of sp³-hybridized carbons (Fsp3) is 0.353. The first-order chi connectivity index (χ1) is 21.6. The molecule has 8 rings (SSSR count). The Labute approximate surface area is 272 Å². The third-order valence-corrected chi connectivity index (χ3v) is 11.7. The van der Waals surface area contributed by atoms with Gasteiger partial charge >= 0.3 is 11.9 Å². The minimum atomic E-state index is -0.303. The van der Waals surface area contributed by atoms with E-state index >= 15 is 0 Å². The number of carbonyl (C=O) groups is 2. The Morgan fingerprint density at radius 1 is 0.545 bits per heavy atom. The second-order valence-corrected chi connectivity index (χ2v) is 16.7. The molecule has 4 aromatic carbocycles. The molecular formula is C34H30O6S4. The van der Waals surface area contributed by atoms with Crippen molar-refractivity contribution in [2.24, 2.45) is 0 Å². The maximum absolute atomic E-state index is 12.9. The van der Waals surface area contributed by atoms with Gasteiger partial charge in [0, 0.05) is 55.1 Å². The summed E-state index contributed by atoms with van der Waals surface area (Å²) in [5.74, 6) is 5.25. The van der Waals surface area contributed by atoms with Gasteiger partial charge in [-0.05, 0) is 57.9 Å². The second kappa shape index (κ2) is 12.3. The van der Waals surface area contributed by atoms with Crippen LogP contribution in [0, 0.1) is 0 Å². The monoisotopic (exact) mass is 662 g/mol. The molecule has 4 aliphatic heterocycles. The topological polar surface area (TPSA) is 71.1 Å². The van der Waals surface area contributed by atoms with Crippen LogP contribution in [0.3, 0.4) is 0 Å². The smallest absolute Gasteiger partial charge is 0.338 e. The van der Waals surface area contributed by atoms with Gasteiger partial charge in [-0.1, -0.05) is 24.3 Å². The molecule has 0 spiro atoms.